The fourth-order valence-electron chi connectivity index (χ4n) is 1.16. The van der Waals surface area contributed by atoms with Crippen molar-refractivity contribution in [1.82, 2.24) is 9.97 Å². The second-order valence-electron chi connectivity index (χ2n) is 2.77. The highest BCUT2D eigenvalue weighted by Gasteiger charge is 2.17. The van der Waals surface area contributed by atoms with Gasteiger partial charge in [-0.2, -0.15) is 4.98 Å². The van der Waals surface area contributed by atoms with E-state index in [0.29, 0.717) is 12.5 Å². The Kier molecular flexibility index (Phi) is 2.61. The number of rotatable bonds is 2. The van der Waals surface area contributed by atoms with Gasteiger partial charge in [-0.1, -0.05) is 0 Å². The van der Waals surface area contributed by atoms with Gasteiger partial charge in [-0.05, 0) is 11.6 Å². The fourth-order valence-corrected chi connectivity index (χ4v) is 1.30. The molecule has 0 amide bonds. The van der Waals surface area contributed by atoms with E-state index < -0.39 is 0 Å². The molecule has 0 aromatic carbocycles. The van der Waals surface area contributed by atoms with Crippen molar-refractivity contribution >= 4 is 11.6 Å². The zero-order valence-corrected chi connectivity index (χ0v) is 7.70. The van der Waals surface area contributed by atoms with Crippen molar-refractivity contribution in [2.75, 3.05) is 13.2 Å². The Morgan fingerprint density at radius 2 is 2.54 bits per heavy atom. The summed E-state index contributed by atoms with van der Waals surface area (Å²) in [5.74, 6) is 0.510. The monoisotopic (exact) mass is 200 g/mol. The Morgan fingerprint density at radius 3 is 3.23 bits per heavy atom. The van der Waals surface area contributed by atoms with Crippen LogP contribution in [0.4, 0.5) is 0 Å². The second kappa shape index (κ2) is 3.89. The first-order valence-electron chi connectivity index (χ1n) is 4.07. The third kappa shape index (κ3) is 2.29. The highest BCUT2D eigenvalue weighted by atomic mass is 35.5. The Morgan fingerprint density at radius 1 is 1.62 bits per heavy atom. The third-order valence-corrected chi connectivity index (χ3v) is 1.96. The summed E-state index contributed by atoms with van der Waals surface area (Å²) in [5, 5.41) is 0.205. The number of halogens is 1. The lowest BCUT2D eigenvalue weighted by atomic mass is 10.3. The maximum absolute atomic E-state index is 5.60. The van der Waals surface area contributed by atoms with Crippen LogP contribution in [0.25, 0.3) is 0 Å². The molecule has 1 aliphatic rings. The second-order valence-corrected chi connectivity index (χ2v) is 3.11. The Bertz CT molecular complexity index is 289. The quantitative estimate of drug-likeness (QED) is 0.675. The molecular weight excluding hydrogens is 192 g/mol. The van der Waals surface area contributed by atoms with Gasteiger partial charge in [0.1, 0.15) is 6.10 Å². The van der Waals surface area contributed by atoms with Crippen molar-refractivity contribution in [2.45, 2.75) is 12.5 Å². The minimum Gasteiger partial charge on any atom is -0.472 e. The van der Waals surface area contributed by atoms with Crippen molar-refractivity contribution in [3.8, 4) is 5.88 Å². The average Bonchev–Trinajstić information content (AvgIpc) is 2.57. The molecule has 1 saturated heterocycles. The molecular formula is C8H9ClN2O2. The summed E-state index contributed by atoms with van der Waals surface area (Å²) < 4.78 is 10.7. The van der Waals surface area contributed by atoms with Crippen LogP contribution in [0.3, 0.4) is 0 Å². The molecule has 1 aromatic heterocycles. The maximum Gasteiger partial charge on any atom is 0.225 e. The summed E-state index contributed by atoms with van der Waals surface area (Å²) in [6.45, 7) is 1.38. The lowest BCUT2D eigenvalue weighted by molar-refractivity contribution is 0.138. The number of nitrogens with zero attached hydrogens (tertiary/aromatic N) is 2. The van der Waals surface area contributed by atoms with Crippen LogP contribution in [0.15, 0.2) is 12.3 Å². The molecule has 2 heterocycles. The lowest BCUT2D eigenvalue weighted by Gasteiger charge is -2.09. The van der Waals surface area contributed by atoms with E-state index in [2.05, 4.69) is 9.97 Å². The van der Waals surface area contributed by atoms with Gasteiger partial charge in [0.2, 0.25) is 11.2 Å². The summed E-state index contributed by atoms with van der Waals surface area (Å²) in [6.07, 6.45) is 2.58. The van der Waals surface area contributed by atoms with Crippen LogP contribution in [0.2, 0.25) is 5.28 Å². The van der Waals surface area contributed by atoms with Gasteiger partial charge < -0.3 is 9.47 Å². The predicted molar refractivity (Wildman–Crippen MR) is 46.9 cm³/mol. The average molecular weight is 201 g/mol. The number of hydrogen-bond donors (Lipinski definition) is 0. The van der Waals surface area contributed by atoms with E-state index in [1.54, 1.807) is 12.3 Å². The van der Waals surface area contributed by atoms with E-state index in [0.717, 1.165) is 13.0 Å². The molecule has 0 bridgehead atoms. The minimum absolute atomic E-state index is 0.103. The summed E-state index contributed by atoms with van der Waals surface area (Å²) in [7, 11) is 0. The van der Waals surface area contributed by atoms with Crippen LogP contribution >= 0.6 is 11.6 Å². The largest absolute Gasteiger partial charge is 0.472 e. The zero-order chi connectivity index (χ0) is 9.10. The standard InChI is InChI=1S/C8H9ClN2O2/c9-8-10-3-1-7(11-8)13-6-2-4-12-5-6/h1,3,6H,2,4-5H2. The van der Waals surface area contributed by atoms with E-state index in [1.807, 2.05) is 0 Å². The van der Waals surface area contributed by atoms with E-state index in [-0.39, 0.29) is 11.4 Å². The first kappa shape index (κ1) is 8.72. The van der Waals surface area contributed by atoms with Crippen LogP contribution < -0.4 is 4.74 Å². The van der Waals surface area contributed by atoms with Gasteiger partial charge in [-0.15, -0.1) is 0 Å². The molecule has 13 heavy (non-hydrogen) atoms. The summed E-state index contributed by atoms with van der Waals surface area (Å²) in [6, 6.07) is 1.68. The van der Waals surface area contributed by atoms with Crippen LogP contribution in [0.1, 0.15) is 6.42 Å². The lowest BCUT2D eigenvalue weighted by Crippen LogP contribution is -2.16. The molecule has 0 radical (unpaired) electrons. The fraction of sp³-hybridized carbons (Fsp3) is 0.500. The Balaban J connectivity index is 2.00. The normalized spacial score (nSPS) is 21.8. The molecule has 1 fully saturated rings. The van der Waals surface area contributed by atoms with E-state index in [1.165, 1.54) is 0 Å². The smallest absolute Gasteiger partial charge is 0.225 e. The van der Waals surface area contributed by atoms with Crippen molar-refractivity contribution in [3.05, 3.63) is 17.5 Å². The molecule has 5 heteroatoms. The molecule has 0 N–H and O–H groups in total. The van der Waals surface area contributed by atoms with Crippen LogP contribution in [-0.4, -0.2) is 29.3 Å². The molecule has 1 atom stereocenters. The van der Waals surface area contributed by atoms with Gasteiger partial charge in [0.05, 0.1) is 13.2 Å². The van der Waals surface area contributed by atoms with Crippen molar-refractivity contribution in [2.24, 2.45) is 0 Å². The van der Waals surface area contributed by atoms with Gasteiger partial charge in [-0.3, -0.25) is 0 Å². The first-order chi connectivity index (χ1) is 6.34. The Hall–Kier alpha value is -0.870. The zero-order valence-electron chi connectivity index (χ0n) is 6.94. The Labute approximate surface area is 80.9 Å². The van der Waals surface area contributed by atoms with Crippen LogP contribution in [0, 0.1) is 0 Å². The van der Waals surface area contributed by atoms with Gasteiger partial charge in [-0.25, -0.2) is 4.98 Å². The molecule has 4 nitrogen and oxygen atoms in total. The van der Waals surface area contributed by atoms with Crippen molar-refractivity contribution in [1.29, 1.82) is 0 Å². The van der Waals surface area contributed by atoms with Gasteiger partial charge in [0.15, 0.2) is 0 Å². The topological polar surface area (TPSA) is 44.2 Å². The summed E-state index contributed by atoms with van der Waals surface area (Å²) in [5.41, 5.74) is 0. The number of hydrogen-bond acceptors (Lipinski definition) is 4. The minimum atomic E-state index is 0.103. The van der Waals surface area contributed by atoms with Crippen LogP contribution in [-0.2, 0) is 4.74 Å². The highest BCUT2D eigenvalue weighted by molar-refractivity contribution is 6.28. The molecule has 1 unspecified atom stereocenters. The van der Waals surface area contributed by atoms with Gasteiger partial charge in [0, 0.05) is 18.7 Å². The molecule has 0 spiro atoms. The van der Waals surface area contributed by atoms with Crippen molar-refractivity contribution < 1.29 is 9.47 Å². The van der Waals surface area contributed by atoms with E-state index in [4.69, 9.17) is 21.1 Å². The molecule has 1 aliphatic heterocycles. The van der Waals surface area contributed by atoms with Gasteiger partial charge >= 0.3 is 0 Å². The third-order valence-electron chi connectivity index (χ3n) is 1.78. The number of aromatic nitrogens is 2. The molecule has 70 valence electrons. The predicted octanol–water partition coefficient (Wildman–Crippen LogP) is 1.30. The van der Waals surface area contributed by atoms with Crippen LogP contribution in [0.5, 0.6) is 5.88 Å². The van der Waals surface area contributed by atoms with E-state index >= 15 is 0 Å². The van der Waals surface area contributed by atoms with E-state index in [9.17, 15) is 0 Å². The highest BCUT2D eigenvalue weighted by Crippen LogP contribution is 2.14. The number of ether oxygens (including phenoxy) is 2. The summed E-state index contributed by atoms with van der Waals surface area (Å²) >= 11 is 5.60. The first-order valence-corrected chi connectivity index (χ1v) is 4.45. The SMILES string of the molecule is Clc1nccc(OC2CCOC2)n1. The molecule has 2 rings (SSSR count). The molecule has 0 aliphatic carbocycles. The van der Waals surface area contributed by atoms with Gasteiger partial charge in [0.25, 0.3) is 0 Å². The maximum atomic E-state index is 5.60. The van der Waals surface area contributed by atoms with Crippen molar-refractivity contribution in [3.63, 3.8) is 0 Å². The molecule has 1 aromatic rings. The summed E-state index contributed by atoms with van der Waals surface area (Å²) in [4.78, 5) is 7.67. The molecule has 0 saturated carbocycles.